The molecule has 1 aromatic rings. The number of hydrogen-bond donors (Lipinski definition) is 1. The Balaban J connectivity index is 2.23. The third kappa shape index (κ3) is 2.68. The summed E-state index contributed by atoms with van der Waals surface area (Å²) in [5.74, 6) is 0.616. The Hall–Kier alpha value is -1.31. The molecular formula is C10H12N3O3S-. The van der Waals surface area contributed by atoms with Gasteiger partial charge in [-0.05, 0) is 6.07 Å². The number of aliphatic hydroxyl groups excluding tert-OH is 1. The molecule has 1 fully saturated rings. The molecule has 0 radical (unpaired) electrons. The number of thioether (sulfide) groups is 1. The highest BCUT2D eigenvalue weighted by Gasteiger charge is 2.26. The lowest BCUT2D eigenvalue weighted by Gasteiger charge is -2.20. The van der Waals surface area contributed by atoms with Crippen molar-refractivity contribution in [1.82, 2.24) is 9.55 Å². The van der Waals surface area contributed by atoms with Gasteiger partial charge in [0.25, 0.3) is 0 Å². The average Bonchev–Trinajstić information content (AvgIpc) is 2.78. The van der Waals surface area contributed by atoms with Crippen molar-refractivity contribution in [2.45, 2.75) is 11.7 Å². The van der Waals surface area contributed by atoms with E-state index < -0.39 is 6.01 Å². The van der Waals surface area contributed by atoms with Crippen LogP contribution in [0.2, 0.25) is 0 Å². The van der Waals surface area contributed by atoms with Crippen LogP contribution >= 0.6 is 11.8 Å². The zero-order chi connectivity index (χ0) is 12.3. The molecule has 1 aliphatic rings. The highest BCUT2D eigenvalue weighted by Crippen LogP contribution is 2.32. The predicted octanol–water partition coefficient (Wildman–Crippen LogP) is -0.419. The quantitative estimate of drug-likeness (QED) is 0.792. The van der Waals surface area contributed by atoms with E-state index in [1.165, 1.54) is 22.5 Å². The van der Waals surface area contributed by atoms with Crippen LogP contribution < -0.4 is 10.6 Å². The van der Waals surface area contributed by atoms with Gasteiger partial charge in [0.05, 0.1) is 12.6 Å². The molecule has 2 rings (SSSR count). The number of hydrogen-bond acceptors (Lipinski definition) is 6. The van der Waals surface area contributed by atoms with Gasteiger partial charge in [0, 0.05) is 18.1 Å². The monoisotopic (exact) mass is 254 g/mol. The van der Waals surface area contributed by atoms with E-state index in [-0.39, 0.29) is 18.3 Å². The SMILES string of the molecule is C=CN=c1ccn([C@@H]2CS[C@H](CO)O2)c([O-])n1. The minimum atomic E-state index is -0.419. The first kappa shape index (κ1) is 12.2. The van der Waals surface area contributed by atoms with Crippen molar-refractivity contribution in [3.8, 4) is 6.01 Å². The summed E-state index contributed by atoms with van der Waals surface area (Å²) >= 11 is 1.47. The third-order valence-electron chi connectivity index (χ3n) is 2.23. The zero-order valence-electron chi connectivity index (χ0n) is 9.02. The summed E-state index contributed by atoms with van der Waals surface area (Å²) in [6.45, 7) is 3.37. The van der Waals surface area contributed by atoms with Gasteiger partial charge in [-0.3, -0.25) is 0 Å². The molecule has 6 nitrogen and oxygen atoms in total. The molecule has 17 heavy (non-hydrogen) atoms. The Labute approximate surface area is 102 Å². The van der Waals surface area contributed by atoms with E-state index in [9.17, 15) is 5.11 Å². The van der Waals surface area contributed by atoms with Gasteiger partial charge in [-0.2, -0.15) is 0 Å². The van der Waals surface area contributed by atoms with Crippen LogP contribution in [-0.4, -0.2) is 32.5 Å². The minimum absolute atomic E-state index is 0.0623. The molecule has 7 heteroatoms. The molecule has 0 aliphatic carbocycles. The van der Waals surface area contributed by atoms with Crippen molar-refractivity contribution in [3.05, 3.63) is 30.5 Å². The first-order valence-corrected chi connectivity index (χ1v) is 6.08. The molecule has 1 aromatic heterocycles. The van der Waals surface area contributed by atoms with Crippen LogP contribution in [0.1, 0.15) is 6.23 Å². The number of nitrogens with zero attached hydrogens (tertiary/aromatic N) is 3. The molecule has 2 heterocycles. The standard InChI is InChI=1S/C10H13N3O3S/c1-2-11-7-3-4-13(10(15)12-7)8-6-17-9(5-14)16-8/h2-4,8-9,14H,1,5-6H2,(H,11,12,15)/p-1/t8-,9+/m0/s1. The van der Waals surface area contributed by atoms with Crippen molar-refractivity contribution >= 4 is 11.8 Å². The first-order valence-electron chi connectivity index (χ1n) is 5.03. The molecule has 0 spiro atoms. The van der Waals surface area contributed by atoms with Gasteiger partial charge in [0.1, 0.15) is 11.7 Å². The van der Waals surface area contributed by atoms with Gasteiger partial charge in [0.15, 0.2) is 5.49 Å². The van der Waals surface area contributed by atoms with Crippen molar-refractivity contribution in [1.29, 1.82) is 0 Å². The molecular weight excluding hydrogens is 242 g/mol. The highest BCUT2D eigenvalue weighted by atomic mass is 32.2. The van der Waals surface area contributed by atoms with E-state index in [1.54, 1.807) is 12.3 Å². The fourth-order valence-electron chi connectivity index (χ4n) is 1.47. The summed E-state index contributed by atoms with van der Waals surface area (Å²) in [6, 6.07) is 1.20. The van der Waals surface area contributed by atoms with Crippen molar-refractivity contribution < 1.29 is 14.9 Å². The molecule has 1 saturated heterocycles. The van der Waals surface area contributed by atoms with Gasteiger partial charge < -0.3 is 19.5 Å². The molecule has 1 N–H and O–H groups in total. The summed E-state index contributed by atoms with van der Waals surface area (Å²) in [4.78, 5) is 7.60. The lowest BCUT2D eigenvalue weighted by atomic mass is 10.5. The van der Waals surface area contributed by atoms with Crippen LogP contribution in [-0.2, 0) is 4.74 Å². The van der Waals surface area contributed by atoms with Gasteiger partial charge in [-0.25, -0.2) is 9.98 Å². The largest absolute Gasteiger partial charge is 0.846 e. The Morgan fingerprint density at radius 2 is 2.65 bits per heavy atom. The fraction of sp³-hybridized carbons (Fsp3) is 0.400. The smallest absolute Gasteiger partial charge is 0.154 e. The van der Waals surface area contributed by atoms with Crippen LogP contribution in [0.25, 0.3) is 0 Å². The number of aromatic nitrogens is 2. The molecule has 0 unspecified atom stereocenters. The predicted molar refractivity (Wildman–Crippen MR) is 60.9 cm³/mol. The Morgan fingerprint density at radius 3 is 3.24 bits per heavy atom. The van der Waals surface area contributed by atoms with Crippen molar-refractivity contribution in [3.63, 3.8) is 0 Å². The van der Waals surface area contributed by atoms with Crippen LogP contribution in [0.4, 0.5) is 0 Å². The topological polar surface area (TPSA) is 82.7 Å². The molecule has 92 valence electrons. The molecule has 0 amide bonds. The van der Waals surface area contributed by atoms with Crippen LogP contribution in [0.15, 0.2) is 30.0 Å². The molecule has 1 aliphatic heterocycles. The van der Waals surface area contributed by atoms with E-state index in [4.69, 9.17) is 9.84 Å². The zero-order valence-corrected chi connectivity index (χ0v) is 9.84. The summed E-state index contributed by atoms with van der Waals surface area (Å²) in [5.41, 5.74) is 0.0510. The maximum atomic E-state index is 11.7. The molecule has 2 atom stereocenters. The van der Waals surface area contributed by atoms with E-state index in [0.717, 1.165) is 0 Å². The van der Waals surface area contributed by atoms with Crippen LogP contribution in [0.3, 0.4) is 0 Å². The fourth-order valence-corrected chi connectivity index (χ4v) is 2.40. The summed E-state index contributed by atoms with van der Waals surface area (Å²) in [6.07, 6.45) is 2.54. The second kappa shape index (κ2) is 5.35. The number of aliphatic hydroxyl groups is 1. The van der Waals surface area contributed by atoms with E-state index in [1.807, 2.05) is 0 Å². The van der Waals surface area contributed by atoms with Gasteiger partial charge >= 0.3 is 0 Å². The van der Waals surface area contributed by atoms with Crippen molar-refractivity contribution in [2.75, 3.05) is 12.4 Å². The van der Waals surface area contributed by atoms with Crippen LogP contribution in [0, 0.1) is 0 Å². The minimum Gasteiger partial charge on any atom is -0.846 e. The lowest BCUT2D eigenvalue weighted by molar-refractivity contribution is -0.290. The van der Waals surface area contributed by atoms with Crippen LogP contribution in [0.5, 0.6) is 6.01 Å². The van der Waals surface area contributed by atoms with E-state index >= 15 is 0 Å². The van der Waals surface area contributed by atoms with E-state index in [0.29, 0.717) is 11.2 Å². The Morgan fingerprint density at radius 1 is 1.82 bits per heavy atom. The number of ether oxygens (including phenoxy) is 1. The third-order valence-corrected chi connectivity index (χ3v) is 3.34. The lowest BCUT2D eigenvalue weighted by Crippen LogP contribution is -2.22. The molecule has 0 aromatic carbocycles. The molecule has 0 bridgehead atoms. The Bertz CT molecular complexity index is 474. The molecule has 0 saturated carbocycles. The van der Waals surface area contributed by atoms with Gasteiger partial charge in [-0.15, -0.1) is 11.8 Å². The van der Waals surface area contributed by atoms with Crippen molar-refractivity contribution in [2.24, 2.45) is 4.99 Å². The second-order valence-corrected chi connectivity index (χ2v) is 4.52. The van der Waals surface area contributed by atoms with Gasteiger partial charge in [-0.1, -0.05) is 6.58 Å². The highest BCUT2D eigenvalue weighted by molar-refractivity contribution is 8.00. The Kier molecular flexibility index (Phi) is 3.82. The first-order chi connectivity index (χ1) is 8.24. The van der Waals surface area contributed by atoms with E-state index in [2.05, 4.69) is 16.6 Å². The maximum Gasteiger partial charge on any atom is 0.154 e. The summed E-state index contributed by atoms with van der Waals surface area (Å²) in [7, 11) is 0. The van der Waals surface area contributed by atoms with Gasteiger partial charge in [0.2, 0.25) is 0 Å². The maximum absolute atomic E-state index is 11.7. The second-order valence-electron chi connectivity index (χ2n) is 3.32. The normalized spacial score (nSPS) is 25.1. The number of rotatable bonds is 3. The summed E-state index contributed by atoms with van der Waals surface area (Å²) in [5, 5.41) is 20.6. The average molecular weight is 254 g/mol. The summed E-state index contributed by atoms with van der Waals surface area (Å²) < 4.78 is 6.86.